The second-order valence-corrected chi connectivity index (χ2v) is 6.88. The number of hydrogen-bond acceptors (Lipinski definition) is 5. The first kappa shape index (κ1) is 18.5. The zero-order valence-electron chi connectivity index (χ0n) is 15.3. The standard InChI is InChI=1S/C18H23N5O.CH4O.H2/c24-17(20-14-7-2-1-3-8-14)16-11-15(13-5-4-6-13)21-18(22-16)23-10-9-19-12-23;1-2;/h9-14H,1-8H2,(H,20,24);2H,1H3;1H. The minimum Gasteiger partial charge on any atom is -0.400 e. The Labute approximate surface area is 155 Å². The normalized spacial score (nSPS) is 17.8. The van der Waals surface area contributed by atoms with Gasteiger partial charge in [-0.1, -0.05) is 25.7 Å². The summed E-state index contributed by atoms with van der Waals surface area (Å²) in [5.74, 6) is 0.911. The summed E-state index contributed by atoms with van der Waals surface area (Å²) < 4.78 is 1.76. The molecule has 2 aliphatic carbocycles. The average Bonchev–Trinajstić information content (AvgIpc) is 3.17. The fraction of sp³-hybridized carbons (Fsp3) is 0.579. The molecule has 0 aliphatic heterocycles. The van der Waals surface area contributed by atoms with Gasteiger partial charge in [0.05, 0.1) is 0 Å². The van der Waals surface area contributed by atoms with Crippen LogP contribution >= 0.6 is 0 Å². The summed E-state index contributed by atoms with van der Waals surface area (Å²) >= 11 is 0. The van der Waals surface area contributed by atoms with Crippen LogP contribution in [0.15, 0.2) is 24.8 Å². The van der Waals surface area contributed by atoms with Gasteiger partial charge >= 0.3 is 0 Å². The Hall–Kier alpha value is -2.28. The molecule has 2 saturated carbocycles. The average molecular weight is 359 g/mol. The molecule has 0 bridgehead atoms. The molecule has 0 spiro atoms. The summed E-state index contributed by atoms with van der Waals surface area (Å²) in [7, 11) is 1.00. The number of aromatic nitrogens is 4. The van der Waals surface area contributed by atoms with E-state index in [0.29, 0.717) is 17.6 Å². The smallest absolute Gasteiger partial charge is 0.270 e. The van der Waals surface area contributed by atoms with E-state index in [1.807, 2.05) is 12.3 Å². The molecule has 0 saturated heterocycles. The Balaban J connectivity index is 0.000000844. The molecule has 26 heavy (non-hydrogen) atoms. The number of rotatable bonds is 4. The summed E-state index contributed by atoms with van der Waals surface area (Å²) in [6, 6.07) is 2.16. The van der Waals surface area contributed by atoms with Gasteiger partial charge in [-0.25, -0.2) is 15.0 Å². The first-order chi connectivity index (χ1) is 12.8. The third-order valence-corrected chi connectivity index (χ3v) is 5.17. The van der Waals surface area contributed by atoms with E-state index in [1.165, 1.54) is 25.7 Å². The van der Waals surface area contributed by atoms with Crippen molar-refractivity contribution in [1.29, 1.82) is 0 Å². The van der Waals surface area contributed by atoms with Gasteiger partial charge in [0, 0.05) is 38.6 Å². The van der Waals surface area contributed by atoms with Gasteiger partial charge < -0.3 is 10.4 Å². The van der Waals surface area contributed by atoms with Crippen molar-refractivity contribution in [2.45, 2.75) is 63.3 Å². The lowest BCUT2D eigenvalue weighted by Crippen LogP contribution is -2.37. The van der Waals surface area contributed by atoms with Crippen LogP contribution in [0.1, 0.15) is 74.9 Å². The van der Waals surface area contributed by atoms with E-state index in [4.69, 9.17) is 5.11 Å². The van der Waals surface area contributed by atoms with Crippen molar-refractivity contribution in [2.75, 3.05) is 7.11 Å². The van der Waals surface area contributed by atoms with Crippen molar-refractivity contribution < 1.29 is 11.3 Å². The highest BCUT2D eigenvalue weighted by Gasteiger charge is 2.25. The zero-order valence-corrected chi connectivity index (χ0v) is 15.3. The van der Waals surface area contributed by atoms with Crippen molar-refractivity contribution in [3.63, 3.8) is 0 Å². The third-order valence-electron chi connectivity index (χ3n) is 5.17. The number of aliphatic hydroxyl groups is 1. The van der Waals surface area contributed by atoms with Gasteiger partial charge in [0.2, 0.25) is 5.95 Å². The molecule has 4 rings (SSSR count). The van der Waals surface area contributed by atoms with Gasteiger partial charge in [-0.15, -0.1) is 0 Å². The van der Waals surface area contributed by atoms with E-state index < -0.39 is 0 Å². The Kier molecular flexibility index (Phi) is 6.33. The van der Waals surface area contributed by atoms with E-state index in [9.17, 15) is 4.79 Å². The van der Waals surface area contributed by atoms with Crippen LogP contribution in [0, 0.1) is 0 Å². The van der Waals surface area contributed by atoms with Crippen LogP contribution in [0.3, 0.4) is 0 Å². The van der Waals surface area contributed by atoms with Gasteiger partial charge in [0.1, 0.15) is 12.0 Å². The molecule has 0 atom stereocenters. The lowest BCUT2D eigenvalue weighted by molar-refractivity contribution is 0.0922. The molecule has 0 unspecified atom stereocenters. The van der Waals surface area contributed by atoms with Crippen molar-refractivity contribution >= 4 is 5.91 Å². The van der Waals surface area contributed by atoms with Crippen LogP contribution in [-0.2, 0) is 0 Å². The monoisotopic (exact) mass is 359 g/mol. The maximum Gasteiger partial charge on any atom is 0.270 e. The molecule has 0 radical (unpaired) electrons. The van der Waals surface area contributed by atoms with Gasteiger partial charge in [-0.05, 0) is 31.7 Å². The summed E-state index contributed by atoms with van der Waals surface area (Å²) in [6.07, 6.45) is 14.5. The summed E-state index contributed by atoms with van der Waals surface area (Å²) in [5.41, 5.74) is 1.45. The van der Waals surface area contributed by atoms with Crippen molar-refractivity contribution in [1.82, 2.24) is 24.8 Å². The lowest BCUT2D eigenvalue weighted by Gasteiger charge is -2.26. The van der Waals surface area contributed by atoms with Gasteiger partial charge in [0.25, 0.3) is 5.91 Å². The largest absolute Gasteiger partial charge is 0.400 e. The number of carbonyl (C=O) groups is 1. The van der Waals surface area contributed by atoms with Crippen LogP contribution in [0.5, 0.6) is 0 Å². The Morgan fingerprint density at radius 3 is 2.54 bits per heavy atom. The van der Waals surface area contributed by atoms with Gasteiger partial charge in [-0.3, -0.25) is 9.36 Å². The first-order valence-electron chi connectivity index (χ1n) is 9.42. The Morgan fingerprint density at radius 2 is 1.92 bits per heavy atom. The molecule has 2 fully saturated rings. The quantitative estimate of drug-likeness (QED) is 0.875. The van der Waals surface area contributed by atoms with Crippen LogP contribution in [0.25, 0.3) is 5.95 Å². The zero-order chi connectivity index (χ0) is 18.4. The predicted octanol–water partition coefficient (Wildman–Crippen LogP) is 2.85. The predicted molar refractivity (Wildman–Crippen MR) is 100 cm³/mol. The fourth-order valence-electron chi connectivity index (χ4n) is 3.48. The number of hydrogen-bond donors (Lipinski definition) is 2. The third kappa shape index (κ3) is 4.27. The van der Waals surface area contributed by atoms with E-state index in [0.717, 1.165) is 38.5 Å². The molecule has 2 aliphatic rings. The van der Waals surface area contributed by atoms with Crippen LogP contribution in [0.2, 0.25) is 0 Å². The van der Waals surface area contributed by atoms with Gasteiger partial charge in [-0.2, -0.15) is 0 Å². The van der Waals surface area contributed by atoms with E-state index in [-0.39, 0.29) is 13.4 Å². The number of carbonyl (C=O) groups excluding carboxylic acids is 1. The molecule has 2 aromatic rings. The maximum absolute atomic E-state index is 12.7. The van der Waals surface area contributed by atoms with Crippen molar-refractivity contribution in [2.24, 2.45) is 0 Å². The molecule has 1 amide bonds. The summed E-state index contributed by atoms with van der Waals surface area (Å²) in [4.78, 5) is 25.9. The highest BCUT2D eigenvalue weighted by atomic mass is 16.2. The number of amides is 1. The maximum atomic E-state index is 12.7. The number of nitrogens with zero attached hydrogens (tertiary/aromatic N) is 4. The van der Waals surface area contributed by atoms with E-state index >= 15 is 0 Å². The second-order valence-electron chi connectivity index (χ2n) is 6.88. The van der Waals surface area contributed by atoms with Crippen LogP contribution in [-0.4, -0.2) is 43.7 Å². The van der Waals surface area contributed by atoms with E-state index in [1.54, 1.807) is 17.1 Å². The Bertz CT molecular complexity index is 713. The minimum atomic E-state index is -0.0776. The van der Waals surface area contributed by atoms with Crippen molar-refractivity contribution in [3.05, 3.63) is 36.2 Å². The SMILES string of the molecule is CO.O=C(NC1CCCCC1)c1cc(C2CCC2)nc(-n2ccnc2)n1.[HH]. The molecule has 7 nitrogen and oxygen atoms in total. The first-order valence-corrected chi connectivity index (χ1v) is 9.42. The topological polar surface area (TPSA) is 92.9 Å². The van der Waals surface area contributed by atoms with Crippen molar-refractivity contribution in [3.8, 4) is 5.95 Å². The number of nitrogens with one attached hydrogen (secondary N) is 1. The minimum absolute atomic E-state index is 0. The summed E-state index contributed by atoms with van der Waals surface area (Å²) in [5, 5.41) is 10.2. The highest BCUT2D eigenvalue weighted by Crippen LogP contribution is 2.35. The molecular formula is C19H29N5O2. The molecule has 2 N–H and O–H groups in total. The van der Waals surface area contributed by atoms with Crippen LogP contribution in [0.4, 0.5) is 0 Å². The Morgan fingerprint density at radius 1 is 1.15 bits per heavy atom. The highest BCUT2D eigenvalue weighted by molar-refractivity contribution is 5.92. The molecule has 2 aromatic heterocycles. The fourth-order valence-corrected chi connectivity index (χ4v) is 3.48. The molecule has 142 valence electrons. The lowest BCUT2D eigenvalue weighted by atomic mass is 9.82. The number of imidazole rings is 1. The van der Waals surface area contributed by atoms with Gasteiger partial charge in [0.15, 0.2) is 0 Å². The molecular weight excluding hydrogens is 330 g/mol. The van der Waals surface area contributed by atoms with Crippen LogP contribution < -0.4 is 5.32 Å². The second kappa shape index (κ2) is 8.89. The van der Waals surface area contributed by atoms with E-state index in [2.05, 4.69) is 20.3 Å². The molecule has 2 heterocycles. The summed E-state index contributed by atoms with van der Waals surface area (Å²) in [6.45, 7) is 0. The number of aliphatic hydroxyl groups excluding tert-OH is 1. The molecule has 0 aromatic carbocycles. The molecule has 7 heteroatoms.